The van der Waals surface area contributed by atoms with Crippen LogP contribution in [-0.4, -0.2) is 26.2 Å². The molecule has 0 aliphatic carbocycles. The van der Waals surface area contributed by atoms with Crippen molar-refractivity contribution in [3.05, 3.63) is 28.8 Å². The molecule has 0 saturated carbocycles. The summed E-state index contributed by atoms with van der Waals surface area (Å²) in [5.41, 5.74) is 8.58. The standard InChI is InChI=1S/C10H13ClN2O3/c1-15-2-3-16-13-10(14)7-4-8(11)6-9(12)5-7/h4-6H,2-3,12H2,1H3,(H,13,14). The second-order valence-corrected chi connectivity index (χ2v) is 3.48. The van der Waals surface area contributed by atoms with Crippen molar-refractivity contribution >= 4 is 23.2 Å². The van der Waals surface area contributed by atoms with Crippen LogP contribution in [0.3, 0.4) is 0 Å². The van der Waals surface area contributed by atoms with Crippen LogP contribution in [0.1, 0.15) is 10.4 Å². The molecule has 5 nitrogen and oxygen atoms in total. The summed E-state index contributed by atoms with van der Waals surface area (Å²) in [5, 5.41) is 0.405. The quantitative estimate of drug-likeness (QED) is 0.464. The molecule has 0 fully saturated rings. The van der Waals surface area contributed by atoms with Gasteiger partial charge in [-0.2, -0.15) is 0 Å². The van der Waals surface area contributed by atoms with Crippen LogP contribution in [0, 0.1) is 0 Å². The number of carbonyl (C=O) groups is 1. The molecule has 0 radical (unpaired) electrons. The highest BCUT2D eigenvalue weighted by atomic mass is 35.5. The van der Waals surface area contributed by atoms with Crippen LogP contribution in [0.2, 0.25) is 5.02 Å². The van der Waals surface area contributed by atoms with Gasteiger partial charge in [0.05, 0.1) is 13.2 Å². The third-order valence-electron chi connectivity index (χ3n) is 1.74. The third kappa shape index (κ3) is 4.06. The highest BCUT2D eigenvalue weighted by molar-refractivity contribution is 6.31. The molecule has 6 heteroatoms. The van der Waals surface area contributed by atoms with Crippen LogP contribution in [0.5, 0.6) is 0 Å². The van der Waals surface area contributed by atoms with Gasteiger partial charge in [-0.3, -0.25) is 9.63 Å². The molecule has 1 aromatic carbocycles. The number of hydrogen-bond acceptors (Lipinski definition) is 4. The van der Waals surface area contributed by atoms with E-state index in [0.717, 1.165) is 0 Å². The van der Waals surface area contributed by atoms with Crippen LogP contribution < -0.4 is 11.2 Å². The predicted octanol–water partition coefficient (Wildman–Crippen LogP) is 1.23. The van der Waals surface area contributed by atoms with Crippen molar-refractivity contribution in [2.75, 3.05) is 26.1 Å². The monoisotopic (exact) mass is 244 g/mol. The van der Waals surface area contributed by atoms with Crippen LogP contribution in [0.25, 0.3) is 0 Å². The molecular formula is C10H13ClN2O3. The molecule has 0 spiro atoms. The summed E-state index contributed by atoms with van der Waals surface area (Å²) in [4.78, 5) is 16.4. The summed E-state index contributed by atoms with van der Waals surface area (Å²) >= 11 is 5.76. The lowest BCUT2D eigenvalue weighted by atomic mass is 10.2. The van der Waals surface area contributed by atoms with Crippen LogP contribution >= 0.6 is 11.6 Å². The van der Waals surface area contributed by atoms with Crippen molar-refractivity contribution in [3.8, 4) is 0 Å². The number of anilines is 1. The number of halogens is 1. The Morgan fingerprint density at radius 3 is 2.81 bits per heavy atom. The number of rotatable bonds is 5. The number of amides is 1. The van der Waals surface area contributed by atoms with E-state index >= 15 is 0 Å². The van der Waals surface area contributed by atoms with Crippen molar-refractivity contribution in [1.82, 2.24) is 5.48 Å². The number of nitrogen functional groups attached to an aromatic ring is 1. The molecule has 1 amide bonds. The first-order valence-corrected chi connectivity index (χ1v) is 4.98. The second-order valence-electron chi connectivity index (χ2n) is 3.05. The van der Waals surface area contributed by atoms with E-state index in [-0.39, 0.29) is 6.61 Å². The lowest BCUT2D eigenvalue weighted by Crippen LogP contribution is -2.25. The average molecular weight is 245 g/mol. The number of benzene rings is 1. The fourth-order valence-electron chi connectivity index (χ4n) is 1.04. The average Bonchev–Trinajstić information content (AvgIpc) is 2.22. The molecule has 1 rings (SSSR count). The van der Waals surface area contributed by atoms with E-state index in [4.69, 9.17) is 26.9 Å². The van der Waals surface area contributed by atoms with E-state index < -0.39 is 5.91 Å². The summed E-state index contributed by atoms with van der Waals surface area (Å²) in [6, 6.07) is 4.58. The van der Waals surface area contributed by atoms with E-state index in [1.165, 1.54) is 12.1 Å². The summed E-state index contributed by atoms with van der Waals surface area (Å²) in [7, 11) is 1.54. The Bertz CT molecular complexity index is 351. The zero-order valence-corrected chi connectivity index (χ0v) is 9.58. The highest BCUT2D eigenvalue weighted by Gasteiger charge is 2.07. The number of hydrogen-bond donors (Lipinski definition) is 2. The molecule has 0 aliphatic heterocycles. The fourth-order valence-corrected chi connectivity index (χ4v) is 1.29. The molecule has 16 heavy (non-hydrogen) atoms. The van der Waals surface area contributed by atoms with Gasteiger partial charge in [0, 0.05) is 23.4 Å². The van der Waals surface area contributed by atoms with Crippen molar-refractivity contribution in [1.29, 1.82) is 0 Å². The largest absolute Gasteiger partial charge is 0.399 e. The van der Waals surface area contributed by atoms with Crippen LogP contribution in [0.15, 0.2) is 18.2 Å². The van der Waals surface area contributed by atoms with E-state index in [2.05, 4.69) is 5.48 Å². The molecule has 0 aliphatic rings. The molecular weight excluding hydrogens is 232 g/mol. The van der Waals surface area contributed by atoms with Gasteiger partial charge in [0.15, 0.2) is 0 Å². The molecule has 0 heterocycles. The SMILES string of the molecule is COCCONC(=O)c1cc(N)cc(Cl)c1. The first-order valence-electron chi connectivity index (χ1n) is 4.60. The first kappa shape index (κ1) is 12.8. The Balaban J connectivity index is 2.52. The molecule has 3 N–H and O–H groups in total. The van der Waals surface area contributed by atoms with Crippen LogP contribution in [0.4, 0.5) is 5.69 Å². The number of methoxy groups -OCH3 is 1. The summed E-state index contributed by atoms with van der Waals surface area (Å²) in [6.07, 6.45) is 0. The van der Waals surface area contributed by atoms with Gasteiger partial charge in [0.1, 0.15) is 0 Å². The van der Waals surface area contributed by atoms with Crippen molar-refractivity contribution in [3.63, 3.8) is 0 Å². The minimum atomic E-state index is -0.398. The van der Waals surface area contributed by atoms with Gasteiger partial charge in [-0.15, -0.1) is 0 Å². The van der Waals surface area contributed by atoms with E-state index in [1.54, 1.807) is 13.2 Å². The summed E-state index contributed by atoms with van der Waals surface area (Å²) in [6.45, 7) is 0.677. The number of carbonyl (C=O) groups excluding carboxylic acids is 1. The van der Waals surface area contributed by atoms with Crippen LogP contribution in [-0.2, 0) is 9.57 Å². The molecule has 0 saturated heterocycles. The smallest absolute Gasteiger partial charge is 0.274 e. The molecule has 0 bridgehead atoms. The van der Waals surface area contributed by atoms with Gasteiger partial charge in [-0.1, -0.05) is 11.6 Å². The van der Waals surface area contributed by atoms with Crippen molar-refractivity contribution in [2.24, 2.45) is 0 Å². The lowest BCUT2D eigenvalue weighted by molar-refractivity contribution is 0.00889. The minimum Gasteiger partial charge on any atom is -0.399 e. The van der Waals surface area contributed by atoms with Gasteiger partial charge in [-0.05, 0) is 18.2 Å². The summed E-state index contributed by atoms with van der Waals surface area (Å²) in [5.74, 6) is -0.398. The topological polar surface area (TPSA) is 73.6 Å². The first-order chi connectivity index (χ1) is 7.63. The maximum atomic E-state index is 11.5. The Labute approximate surface area is 98.4 Å². The maximum absolute atomic E-state index is 11.5. The highest BCUT2D eigenvalue weighted by Crippen LogP contribution is 2.16. The molecule has 0 aromatic heterocycles. The van der Waals surface area contributed by atoms with E-state index in [0.29, 0.717) is 22.9 Å². The van der Waals surface area contributed by atoms with Gasteiger partial charge in [0.2, 0.25) is 0 Å². The maximum Gasteiger partial charge on any atom is 0.274 e. The third-order valence-corrected chi connectivity index (χ3v) is 1.95. The minimum absolute atomic E-state index is 0.276. The number of ether oxygens (including phenoxy) is 1. The van der Waals surface area contributed by atoms with E-state index in [9.17, 15) is 4.79 Å². The van der Waals surface area contributed by atoms with Crippen molar-refractivity contribution < 1.29 is 14.4 Å². The number of hydroxylamine groups is 1. The molecule has 88 valence electrons. The summed E-state index contributed by atoms with van der Waals surface area (Å²) < 4.78 is 4.75. The zero-order valence-electron chi connectivity index (χ0n) is 8.83. The Morgan fingerprint density at radius 2 is 2.19 bits per heavy atom. The second kappa shape index (κ2) is 6.32. The van der Waals surface area contributed by atoms with Crippen molar-refractivity contribution in [2.45, 2.75) is 0 Å². The fraction of sp³-hybridized carbons (Fsp3) is 0.300. The van der Waals surface area contributed by atoms with E-state index in [1.807, 2.05) is 0 Å². The zero-order chi connectivity index (χ0) is 12.0. The Hall–Kier alpha value is -1.30. The Kier molecular flexibility index (Phi) is 5.04. The lowest BCUT2D eigenvalue weighted by Gasteiger charge is -2.06. The number of nitrogens with one attached hydrogen (secondary N) is 1. The molecule has 1 aromatic rings. The molecule has 0 unspecified atom stereocenters. The van der Waals surface area contributed by atoms with Gasteiger partial charge >= 0.3 is 0 Å². The Morgan fingerprint density at radius 1 is 1.44 bits per heavy atom. The van der Waals surface area contributed by atoms with Gasteiger partial charge in [-0.25, -0.2) is 5.48 Å². The number of nitrogens with two attached hydrogens (primary N) is 1. The van der Waals surface area contributed by atoms with Gasteiger partial charge < -0.3 is 10.5 Å². The molecule has 0 atom stereocenters. The predicted molar refractivity (Wildman–Crippen MR) is 61.2 cm³/mol. The normalized spacial score (nSPS) is 10.1. The van der Waals surface area contributed by atoms with Gasteiger partial charge in [0.25, 0.3) is 5.91 Å².